The van der Waals surface area contributed by atoms with Crippen molar-refractivity contribution in [3.63, 3.8) is 0 Å². The van der Waals surface area contributed by atoms with Crippen molar-refractivity contribution in [3.05, 3.63) is 162 Å². The van der Waals surface area contributed by atoms with Gasteiger partial charge in [-0.05, 0) is 136 Å². The largest absolute Gasteiger partial charge is 0.310 e. The molecule has 264 valence electrons. The molecule has 0 amide bonds. The highest BCUT2D eigenvalue weighted by Crippen LogP contribution is 2.55. The molecule has 1 heteroatoms. The standard InChI is InChI=1S/C52H51N/c1-52(2)49-34-41(30-31-45(49)47-22-13-21-43(51(47)52)37-16-7-4-8-17-37)53(40-28-26-38(27-29-40)48-33-35-24-25-39(48)32-35)50-23-12-11-20-46(50)44-19-10-9-18-42(44)36-14-5-3-6-15-36/h4,7-13,16-23,26-31,34-36,39,48H,3,5-6,14-15,24-25,32-33H2,1-2H3. The average molecular weight is 690 g/mol. The highest BCUT2D eigenvalue weighted by atomic mass is 15.1. The molecule has 0 radical (unpaired) electrons. The minimum absolute atomic E-state index is 0.155. The van der Waals surface area contributed by atoms with Crippen molar-refractivity contribution < 1.29 is 0 Å². The highest BCUT2D eigenvalue weighted by Gasteiger charge is 2.41. The molecule has 0 spiro atoms. The first-order valence-corrected chi connectivity index (χ1v) is 20.5. The Kier molecular flexibility index (Phi) is 8.16. The molecular weight excluding hydrogens is 639 g/mol. The number of benzene rings is 6. The third-order valence-electron chi connectivity index (χ3n) is 13.8. The van der Waals surface area contributed by atoms with Crippen molar-refractivity contribution in [1.82, 2.24) is 0 Å². The topological polar surface area (TPSA) is 3.24 Å². The molecule has 10 rings (SSSR count). The smallest absolute Gasteiger partial charge is 0.0540 e. The number of fused-ring (bicyclic) bond motifs is 5. The second-order valence-corrected chi connectivity index (χ2v) is 17.1. The number of nitrogens with zero attached hydrogens (tertiary/aromatic N) is 1. The monoisotopic (exact) mass is 689 g/mol. The van der Waals surface area contributed by atoms with E-state index in [1.807, 2.05) is 0 Å². The van der Waals surface area contributed by atoms with Gasteiger partial charge in [0.05, 0.1) is 5.69 Å². The first-order valence-electron chi connectivity index (χ1n) is 20.5. The maximum absolute atomic E-state index is 2.56. The average Bonchev–Trinajstić information content (AvgIpc) is 3.92. The van der Waals surface area contributed by atoms with Crippen LogP contribution in [0.1, 0.15) is 106 Å². The number of para-hydroxylation sites is 1. The van der Waals surface area contributed by atoms with Crippen LogP contribution < -0.4 is 4.90 Å². The Morgan fingerprint density at radius 1 is 0.528 bits per heavy atom. The summed E-state index contributed by atoms with van der Waals surface area (Å²) in [4.78, 5) is 2.56. The van der Waals surface area contributed by atoms with Crippen LogP contribution in [0.2, 0.25) is 0 Å². The molecule has 0 saturated heterocycles. The Balaban J connectivity index is 1.12. The van der Waals surface area contributed by atoms with Crippen LogP contribution in [-0.2, 0) is 5.41 Å². The van der Waals surface area contributed by atoms with Crippen LogP contribution >= 0.6 is 0 Å². The Hall–Kier alpha value is -4.88. The van der Waals surface area contributed by atoms with Crippen LogP contribution in [0.4, 0.5) is 17.1 Å². The molecule has 6 aromatic rings. The van der Waals surface area contributed by atoms with Crippen LogP contribution in [0.3, 0.4) is 0 Å². The molecule has 4 aliphatic carbocycles. The lowest BCUT2D eigenvalue weighted by Crippen LogP contribution is -2.18. The molecule has 0 heterocycles. The second-order valence-electron chi connectivity index (χ2n) is 17.1. The number of rotatable bonds is 7. The van der Waals surface area contributed by atoms with E-state index in [-0.39, 0.29) is 5.41 Å². The summed E-state index contributed by atoms with van der Waals surface area (Å²) in [5, 5.41) is 0. The molecule has 2 bridgehead atoms. The number of hydrogen-bond acceptors (Lipinski definition) is 1. The summed E-state index contributed by atoms with van der Waals surface area (Å²) in [6.07, 6.45) is 12.3. The summed E-state index contributed by atoms with van der Waals surface area (Å²) in [5.74, 6) is 3.17. The van der Waals surface area contributed by atoms with Crippen molar-refractivity contribution in [3.8, 4) is 33.4 Å². The van der Waals surface area contributed by atoms with Gasteiger partial charge in [-0.2, -0.15) is 0 Å². The number of hydrogen-bond donors (Lipinski definition) is 0. The van der Waals surface area contributed by atoms with Crippen LogP contribution in [0, 0.1) is 11.8 Å². The lowest BCUT2D eigenvalue weighted by molar-refractivity contribution is 0.420. The van der Waals surface area contributed by atoms with Gasteiger partial charge in [-0.1, -0.05) is 149 Å². The van der Waals surface area contributed by atoms with Gasteiger partial charge in [0.1, 0.15) is 0 Å². The van der Waals surface area contributed by atoms with Crippen LogP contribution in [0.5, 0.6) is 0 Å². The maximum Gasteiger partial charge on any atom is 0.0540 e. The van der Waals surface area contributed by atoms with E-state index in [2.05, 4.69) is 158 Å². The van der Waals surface area contributed by atoms with E-state index in [0.29, 0.717) is 5.92 Å². The molecule has 6 aromatic carbocycles. The van der Waals surface area contributed by atoms with Crippen molar-refractivity contribution in [2.24, 2.45) is 11.8 Å². The summed E-state index contributed by atoms with van der Waals surface area (Å²) in [7, 11) is 0. The Morgan fingerprint density at radius 3 is 2.00 bits per heavy atom. The molecule has 0 aromatic heterocycles. The van der Waals surface area contributed by atoms with E-state index in [9.17, 15) is 0 Å². The quantitative estimate of drug-likeness (QED) is 0.161. The van der Waals surface area contributed by atoms with E-state index in [4.69, 9.17) is 0 Å². The van der Waals surface area contributed by atoms with E-state index in [1.54, 1.807) is 0 Å². The Morgan fingerprint density at radius 2 is 1.23 bits per heavy atom. The lowest BCUT2D eigenvalue weighted by atomic mass is 9.78. The zero-order valence-electron chi connectivity index (χ0n) is 31.4. The first-order chi connectivity index (χ1) is 26.0. The molecule has 0 N–H and O–H groups in total. The summed E-state index contributed by atoms with van der Waals surface area (Å²) in [5.41, 5.74) is 17.5. The van der Waals surface area contributed by atoms with Gasteiger partial charge in [0.15, 0.2) is 0 Å². The van der Waals surface area contributed by atoms with Crippen LogP contribution in [0.25, 0.3) is 33.4 Å². The first kappa shape index (κ1) is 32.7. The van der Waals surface area contributed by atoms with Crippen LogP contribution in [0.15, 0.2) is 140 Å². The van der Waals surface area contributed by atoms with Gasteiger partial charge in [-0.3, -0.25) is 0 Å². The summed E-state index contributed by atoms with van der Waals surface area (Å²) in [6.45, 7) is 4.85. The van der Waals surface area contributed by atoms with Crippen molar-refractivity contribution in [2.75, 3.05) is 4.90 Å². The number of anilines is 3. The van der Waals surface area contributed by atoms with Gasteiger partial charge >= 0.3 is 0 Å². The molecule has 3 unspecified atom stereocenters. The minimum atomic E-state index is -0.155. The molecule has 3 atom stereocenters. The van der Waals surface area contributed by atoms with E-state index < -0.39 is 0 Å². The second kappa shape index (κ2) is 13.2. The molecule has 3 saturated carbocycles. The summed E-state index contributed by atoms with van der Waals surface area (Å²) >= 11 is 0. The Labute approximate surface area is 316 Å². The zero-order valence-corrected chi connectivity index (χ0v) is 31.4. The van der Waals surface area contributed by atoms with E-state index in [0.717, 1.165) is 17.8 Å². The van der Waals surface area contributed by atoms with E-state index >= 15 is 0 Å². The molecular formula is C52H51N. The van der Waals surface area contributed by atoms with E-state index in [1.165, 1.54) is 130 Å². The SMILES string of the molecule is CC1(C)c2cc(N(c3ccc(C4CC5CCC4C5)cc3)c3ccccc3-c3ccccc3C3CCCCC3)ccc2-c2cccc(-c3ccccc3)c21. The summed E-state index contributed by atoms with van der Waals surface area (Å²) < 4.78 is 0. The van der Waals surface area contributed by atoms with Gasteiger partial charge in [-0.25, -0.2) is 0 Å². The molecule has 3 fully saturated rings. The van der Waals surface area contributed by atoms with Crippen molar-refractivity contribution in [1.29, 1.82) is 0 Å². The third-order valence-corrected chi connectivity index (χ3v) is 13.8. The van der Waals surface area contributed by atoms with Crippen molar-refractivity contribution >= 4 is 17.1 Å². The van der Waals surface area contributed by atoms with Crippen LogP contribution in [-0.4, -0.2) is 0 Å². The molecule has 4 aliphatic rings. The molecule has 0 aliphatic heterocycles. The fourth-order valence-corrected chi connectivity index (χ4v) is 11.2. The van der Waals surface area contributed by atoms with Gasteiger partial charge in [-0.15, -0.1) is 0 Å². The van der Waals surface area contributed by atoms with Gasteiger partial charge in [0.25, 0.3) is 0 Å². The molecule has 53 heavy (non-hydrogen) atoms. The van der Waals surface area contributed by atoms with Gasteiger partial charge in [0, 0.05) is 22.4 Å². The Bertz CT molecular complexity index is 2270. The third kappa shape index (κ3) is 5.58. The van der Waals surface area contributed by atoms with Gasteiger partial charge in [0.2, 0.25) is 0 Å². The van der Waals surface area contributed by atoms with Gasteiger partial charge < -0.3 is 4.90 Å². The highest BCUT2D eigenvalue weighted by molar-refractivity contribution is 5.93. The predicted octanol–water partition coefficient (Wildman–Crippen LogP) is 14.7. The normalized spacial score (nSPS) is 21.4. The fraction of sp³-hybridized carbons (Fsp3) is 0.308. The predicted molar refractivity (Wildman–Crippen MR) is 224 cm³/mol. The van der Waals surface area contributed by atoms with Crippen molar-refractivity contribution in [2.45, 2.75) is 88.9 Å². The lowest BCUT2D eigenvalue weighted by Gasteiger charge is -2.31. The fourth-order valence-electron chi connectivity index (χ4n) is 11.2. The zero-order chi connectivity index (χ0) is 35.5. The molecule has 1 nitrogen and oxygen atoms in total. The minimum Gasteiger partial charge on any atom is -0.310 e. The summed E-state index contributed by atoms with van der Waals surface area (Å²) in [6, 6.07) is 53.4. The maximum atomic E-state index is 2.56.